The fourth-order valence-corrected chi connectivity index (χ4v) is 2.03. The maximum atomic E-state index is 10.1. The van der Waals surface area contributed by atoms with Gasteiger partial charge >= 0.3 is 0 Å². The lowest BCUT2D eigenvalue weighted by Gasteiger charge is -2.11. The third kappa shape index (κ3) is 2.59. The zero-order valence-corrected chi connectivity index (χ0v) is 11.8. The molecule has 0 amide bonds. The first kappa shape index (κ1) is 13.9. The Labute approximate surface area is 119 Å². The van der Waals surface area contributed by atoms with E-state index >= 15 is 0 Å². The molecular weight excluding hydrogens is 248 g/mol. The van der Waals surface area contributed by atoms with E-state index in [1.54, 1.807) is 24.3 Å². The Morgan fingerprint density at radius 1 is 0.750 bits per heavy atom. The molecule has 0 saturated carbocycles. The van der Waals surface area contributed by atoms with Gasteiger partial charge in [0.05, 0.1) is 0 Å². The molecule has 0 fully saturated rings. The number of phenolic OH excluding ortho intramolecular Hbond substituents is 2. The molecule has 2 N–H and O–H groups in total. The smallest absolute Gasteiger partial charge is 0.123 e. The average molecular weight is 266 g/mol. The van der Waals surface area contributed by atoms with Gasteiger partial charge in [-0.15, -0.1) is 0 Å². The van der Waals surface area contributed by atoms with Gasteiger partial charge in [-0.25, -0.2) is 0 Å². The molecule has 0 heterocycles. The SMILES string of the molecule is C=C(C)c1ccc(O)c(-c2cc(C(=C)C)ccc2O)c1. The van der Waals surface area contributed by atoms with Crippen molar-refractivity contribution in [3.05, 3.63) is 60.7 Å². The van der Waals surface area contributed by atoms with Crippen molar-refractivity contribution in [1.82, 2.24) is 0 Å². The summed E-state index contributed by atoms with van der Waals surface area (Å²) in [6.07, 6.45) is 0. The minimum absolute atomic E-state index is 0.129. The first-order valence-electron chi connectivity index (χ1n) is 6.38. The molecule has 20 heavy (non-hydrogen) atoms. The van der Waals surface area contributed by atoms with Crippen molar-refractivity contribution in [1.29, 1.82) is 0 Å². The standard InChI is InChI=1S/C18H18O2/c1-11(2)13-5-7-17(19)15(9-13)16-10-14(12(3)4)6-8-18(16)20/h5-10,19-20H,1,3H2,2,4H3. The molecule has 2 heteroatoms. The molecule has 0 radical (unpaired) electrons. The molecular formula is C18H18O2. The van der Waals surface area contributed by atoms with Crippen LogP contribution in [0.4, 0.5) is 0 Å². The van der Waals surface area contributed by atoms with E-state index < -0.39 is 0 Å². The lowest BCUT2D eigenvalue weighted by atomic mass is 9.96. The Morgan fingerprint density at radius 2 is 1.10 bits per heavy atom. The van der Waals surface area contributed by atoms with Gasteiger partial charge in [-0.3, -0.25) is 0 Å². The zero-order valence-electron chi connectivity index (χ0n) is 11.8. The summed E-state index contributed by atoms with van der Waals surface area (Å²) in [7, 11) is 0. The van der Waals surface area contributed by atoms with E-state index in [1.165, 1.54) is 0 Å². The van der Waals surface area contributed by atoms with Crippen LogP contribution < -0.4 is 0 Å². The highest BCUT2D eigenvalue weighted by Crippen LogP contribution is 2.38. The lowest BCUT2D eigenvalue weighted by Crippen LogP contribution is -1.87. The molecule has 0 aromatic heterocycles. The van der Waals surface area contributed by atoms with Crippen LogP contribution in [-0.2, 0) is 0 Å². The molecule has 0 spiro atoms. The van der Waals surface area contributed by atoms with Crippen molar-refractivity contribution < 1.29 is 10.2 Å². The first-order chi connectivity index (χ1) is 9.40. The third-order valence-electron chi connectivity index (χ3n) is 3.27. The van der Waals surface area contributed by atoms with E-state index in [0.717, 1.165) is 22.3 Å². The highest BCUT2D eigenvalue weighted by atomic mass is 16.3. The summed E-state index contributed by atoms with van der Waals surface area (Å²) in [6, 6.07) is 10.5. The van der Waals surface area contributed by atoms with Crippen LogP contribution in [-0.4, -0.2) is 10.2 Å². The van der Waals surface area contributed by atoms with Gasteiger partial charge in [0, 0.05) is 11.1 Å². The van der Waals surface area contributed by atoms with Crippen LogP contribution in [0.1, 0.15) is 25.0 Å². The van der Waals surface area contributed by atoms with Crippen LogP contribution >= 0.6 is 0 Å². The predicted octanol–water partition coefficient (Wildman–Crippen LogP) is 4.83. The van der Waals surface area contributed by atoms with Gasteiger partial charge in [0.25, 0.3) is 0 Å². The van der Waals surface area contributed by atoms with Crippen molar-refractivity contribution >= 4 is 11.1 Å². The Morgan fingerprint density at radius 3 is 1.40 bits per heavy atom. The number of hydrogen-bond donors (Lipinski definition) is 2. The summed E-state index contributed by atoms with van der Waals surface area (Å²) >= 11 is 0. The Bertz CT molecular complexity index is 635. The molecule has 2 aromatic rings. The molecule has 0 atom stereocenters. The van der Waals surface area contributed by atoms with Crippen LogP contribution in [0.5, 0.6) is 11.5 Å². The molecule has 0 aliphatic rings. The lowest BCUT2D eigenvalue weighted by molar-refractivity contribution is 0.469. The van der Waals surface area contributed by atoms with Gasteiger partial charge < -0.3 is 10.2 Å². The van der Waals surface area contributed by atoms with E-state index in [0.29, 0.717) is 11.1 Å². The van der Waals surface area contributed by atoms with Crippen LogP contribution in [0.3, 0.4) is 0 Å². The van der Waals surface area contributed by atoms with Crippen LogP contribution in [0, 0.1) is 0 Å². The van der Waals surface area contributed by atoms with E-state index in [2.05, 4.69) is 13.2 Å². The van der Waals surface area contributed by atoms with Gasteiger partial charge in [0.1, 0.15) is 11.5 Å². The van der Waals surface area contributed by atoms with E-state index in [9.17, 15) is 10.2 Å². The normalized spacial score (nSPS) is 10.3. The number of allylic oxidation sites excluding steroid dienone is 2. The third-order valence-corrected chi connectivity index (χ3v) is 3.27. The van der Waals surface area contributed by atoms with E-state index in [1.807, 2.05) is 26.0 Å². The summed E-state index contributed by atoms with van der Waals surface area (Å²) < 4.78 is 0. The van der Waals surface area contributed by atoms with Crippen molar-refractivity contribution in [3.8, 4) is 22.6 Å². The molecule has 0 bridgehead atoms. The van der Waals surface area contributed by atoms with Crippen LogP contribution in [0.25, 0.3) is 22.3 Å². The monoisotopic (exact) mass is 266 g/mol. The topological polar surface area (TPSA) is 40.5 Å². The second-order valence-corrected chi connectivity index (χ2v) is 5.02. The maximum Gasteiger partial charge on any atom is 0.123 e. The minimum atomic E-state index is 0.129. The molecule has 2 aromatic carbocycles. The molecule has 0 aliphatic carbocycles. The van der Waals surface area contributed by atoms with E-state index in [4.69, 9.17) is 0 Å². The summed E-state index contributed by atoms with van der Waals surface area (Å²) in [4.78, 5) is 0. The summed E-state index contributed by atoms with van der Waals surface area (Å²) in [5, 5.41) is 20.1. The van der Waals surface area contributed by atoms with E-state index in [-0.39, 0.29) is 11.5 Å². The number of aromatic hydroxyl groups is 2. The second kappa shape index (κ2) is 5.25. The van der Waals surface area contributed by atoms with Crippen molar-refractivity contribution in [3.63, 3.8) is 0 Å². The molecule has 0 aliphatic heterocycles. The fraction of sp³-hybridized carbons (Fsp3) is 0.111. The summed E-state index contributed by atoms with van der Waals surface area (Å²) in [5.74, 6) is 0.258. The number of benzene rings is 2. The van der Waals surface area contributed by atoms with Gasteiger partial charge in [0.15, 0.2) is 0 Å². The molecule has 2 rings (SSSR count). The zero-order chi connectivity index (χ0) is 14.9. The van der Waals surface area contributed by atoms with Crippen LogP contribution in [0.15, 0.2) is 49.6 Å². The van der Waals surface area contributed by atoms with Crippen LogP contribution in [0.2, 0.25) is 0 Å². The van der Waals surface area contributed by atoms with Crippen molar-refractivity contribution in [2.45, 2.75) is 13.8 Å². The predicted molar refractivity (Wildman–Crippen MR) is 84.6 cm³/mol. The Balaban J connectivity index is 2.67. The number of rotatable bonds is 3. The highest BCUT2D eigenvalue weighted by Gasteiger charge is 2.11. The average Bonchev–Trinajstić information content (AvgIpc) is 2.39. The van der Waals surface area contributed by atoms with Crippen molar-refractivity contribution in [2.75, 3.05) is 0 Å². The Hall–Kier alpha value is -2.48. The largest absolute Gasteiger partial charge is 0.507 e. The highest BCUT2D eigenvalue weighted by molar-refractivity contribution is 5.81. The molecule has 102 valence electrons. The maximum absolute atomic E-state index is 10.1. The molecule has 2 nitrogen and oxygen atoms in total. The minimum Gasteiger partial charge on any atom is -0.507 e. The van der Waals surface area contributed by atoms with Gasteiger partial charge in [-0.2, -0.15) is 0 Å². The number of phenols is 2. The quantitative estimate of drug-likeness (QED) is 0.835. The van der Waals surface area contributed by atoms with Gasteiger partial charge in [0.2, 0.25) is 0 Å². The number of hydrogen-bond acceptors (Lipinski definition) is 2. The fourth-order valence-electron chi connectivity index (χ4n) is 2.03. The molecule has 0 unspecified atom stereocenters. The van der Waals surface area contributed by atoms with Gasteiger partial charge in [-0.05, 0) is 49.2 Å². The first-order valence-corrected chi connectivity index (χ1v) is 6.38. The second-order valence-electron chi connectivity index (χ2n) is 5.02. The summed E-state index contributed by atoms with van der Waals surface area (Å²) in [6.45, 7) is 11.6. The molecule has 0 saturated heterocycles. The van der Waals surface area contributed by atoms with Gasteiger partial charge in [-0.1, -0.05) is 36.4 Å². The van der Waals surface area contributed by atoms with Crippen molar-refractivity contribution in [2.24, 2.45) is 0 Å². The Kier molecular flexibility index (Phi) is 3.66. The summed E-state index contributed by atoms with van der Waals surface area (Å²) in [5.41, 5.74) is 4.84.